The van der Waals surface area contributed by atoms with Gasteiger partial charge in [0.2, 0.25) is 0 Å². The first-order chi connectivity index (χ1) is 8.69. The van der Waals surface area contributed by atoms with Gasteiger partial charge in [-0.25, -0.2) is 9.97 Å². The summed E-state index contributed by atoms with van der Waals surface area (Å²) in [7, 11) is 0. The van der Waals surface area contributed by atoms with Crippen LogP contribution in [-0.2, 0) is 4.79 Å². The molecule has 6 heteroatoms. The molecule has 0 unspecified atom stereocenters. The fraction of sp³-hybridized carbons (Fsp3) is 0.500. The lowest BCUT2D eigenvalue weighted by atomic mass is 9.86. The Bertz CT molecular complexity index is 458. The molecule has 1 heterocycles. The van der Waals surface area contributed by atoms with Gasteiger partial charge in [-0.2, -0.15) is 5.26 Å². The average Bonchev–Trinajstić information content (AvgIpc) is 2.40. The molecule has 1 fully saturated rings. The van der Waals surface area contributed by atoms with Crippen LogP contribution >= 0.6 is 0 Å². The Labute approximate surface area is 105 Å². The normalized spacial score (nSPS) is 23.1. The van der Waals surface area contributed by atoms with E-state index in [1.807, 2.05) is 6.07 Å². The minimum atomic E-state index is -0.702. The summed E-state index contributed by atoms with van der Waals surface area (Å²) in [5.74, 6) is -0.283. The Morgan fingerprint density at radius 2 is 2.06 bits per heavy atom. The van der Waals surface area contributed by atoms with Crippen LogP contribution in [0.5, 0.6) is 0 Å². The number of nitriles is 1. The summed E-state index contributed by atoms with van der Waals surface area (Å²) < 4.78 is 0. The van der Waals surface area contributed by atoms with Crippen LogP contribution in [-0.4, -0.2) is 27.1 Å². The van der Waals surface area contributed by atoms with E-state index in [-0.39, 0.29) is 17.7 Å². The lowest BCUT2D eigenvalue weighted by molar-refractivity contribution is -0.142. The summed E-state index contributed by atoms with van der Waals surface area (Å²) in [6.45, 7) is 0. The van der Waals surface area contributed by atoms with Gasteiger partial charge in [0.05, 0.1) is 18.3 Å². The third-order valence-electron chi connectivity index (χ3n) is 3.19. The van der Waals surface area contributed by atoms with E-state index in [1.54, 1.807) is 0 Å². The largest absolute Gasteiger partial charge is 0.481 e. The topological polar surface area (TPSA) is 98.9 Å². The number of carbonyl (C=O) groups is 1. The fourth-order valence-electron chi connectivity index (χ4n) is 2.15. The summed E-state index contributed by atoms with van der Waals surface area (Å²) in [5, 5.41) is 20.7. The summed E-state index contributed by atoms with van der Waals surface area (Å²) in [6, 6.07) is 2.15. The molecule has 0 amide bonds. The van der Waals surface area contributed by atoms with Crippen LogP contribution in [0.4, 0.5) is 5.82 Å². The number of hydrogen-bond acceptors (Lipinski definition) is 5. The lowest BCUT2D eigenvalue weighted by Gasteiger charge is -2.27. The molecule has 0 bridgehead atoms. The predicted molar refractivity (Wildman–Crippen MR) is 63.8 cm³/mol. The SMILES string of the molecule is N#Cc1cnc(NC2CCC(C(=O)O)CC2)cn1. The second kappa shape index (κ2) is 5.45. The number of hydrogen-bond donors (Lipinski definition) is 2. The van der Waals surface area contributed by atoms with Crippen molar-refractivity contribution in [3.63, 3.8) is 0 Å². The van der Waals surface area contributed by atoms with Crippen molar-refractivity contribution in [2.45, 2.75) is 31.7 Å². The van der Waals surface area contributed by atoms with Gasteiger partial charge in [0.1, 0.15) is 11.9 Å². The highest BCUT2D eigenvalue weighted by Gasteiger charge is 2.25. The van der Waals surface area contributed by atoms with Gasteiger partial charge >= 0.3 is 5.97 Å². The van der Waals surface area contributed by atoms with Crippen LogP contribution in [0, 0.1) is 17.2 Å². The van der Waals surface area contributed by atoms with E-state index >= 15 is 0 Å². The predicted octanol–water partition coefficient (Wildman–Crippen LogP) is 1.40. The fourth-order valence-corrected chi connectivity index (χ4v) is 2.15. The number of carboxylic acid groups (broad SMARTS) is 1. The van der Waals surface area contributed by atoms with Crippen molar-refractivity contribution in [1.29, 1.82) is 5.26 Å². The number of anilines is 1. The van der Waals surface area contributed by atoms with Crippen LogP contribution < -0.4 is 5.32 Å². The highest BCUT2D eigenvalue weighted by Crippen LogP contribution is 2.26. The Kier molecular flexibility index (Phi) is 3.72. The van der Waals surface area contributed by atoms with E-state index in [0.717, 1.165) is 12.8 Å². The maximum Gasteiger partial charge on any atom is 0.306 e. The maximum atomic E-state index is 10.8. The Balaban J connectivity index is 1.87. The van der Waals surface area contributed by atoms with Gasteiger partial charge in [-0.15, -0.1) is 0 Å². The van der Waals surface area contributed by atoms with Crippen LogP contribution in [0.3, 0.4) is 0 Å². The molecular weight excluding hydrogens is 232 g/mol. The molecular formula is C12H14N4O2. The van der Waals surface area contributed by atoms with Crippen LogP contribution in [0.25, 0.3) is 0 Å². The highest BCUT2D eigenvalue weighted by atomic mass is 16.4. The number of nitrogens with zero attached hydrogens (tertiary/aromatic N) is 3. The van der Waals surface area contributed by atoms with Crippen molar-refractivity contribution >= 4 is 11.8 Å². The van der Waals surface area contributed by atoms with Crippen molar-refractivity contribution in [3.05, 3.63) is 18.1 Å². The molecule has 1 aliphatic rings. The third-order valence-corrected chi connectivity index (χ3v) is 3.19. The zero-order valence-electron chi connectivity index (χ0n) is 9.83. The molecule has 0 saturated heterocycles. The number of carboxylic acids is 1. The molecule has 0 aromatic carbocycles. The van der Waals surface area contributed by atoms with Crippen LogP contribution in [0.15, 0.2) is 12.4 Å². The molecule has 18 heavy (non-hydrogen) atoms. The highest BCUT2D eigenvalue weighted by molar-refractivity contribution is 5.70. The minimum Gasteiger partial charge on any atom is -0.481 e. The molecule has 0 radical (unpaired) electrons. The molecule has 6 nitrogen and oxygen atoms in total. The molecule has 94 valence electrons. The Hall–Kier alpha value is -2.16. The lowest BCUT2D eigenvalue weighted by Crippen LogP contribution is -2.29. The van der Waals surface area contributed by atoms with Crippen molar-refractivity contribution < 1.29 is 9.90 Å². The second-order valence-electron chi connectivity index (χ2n) is 4.43. The number of aromatic nitrogens is 2. The zero-order chi connectivity index (χ0) is 13.0. The van der Waals surface area contributed by atoms with E-state index in [0.29, 0.717) is 18.7 Å². The van der Waals surface area contributed by atoms with E-state index < -0.39 is 5.97 Å². The molecule has 2 N–H and O–H groups in total. The number of rotatable bonds is 3. The van der Waals surface area contributed by atoms with Crippen LogP contribution in [0.2, 0.25) is 0 Å². The van der Waals surface area contributed by atoms with Crippen molar-refractivity contribution in [1.82, 2.24) is 9.97 Å². The average molecular weight is 246 g/mol. The molecule has 2 rings (SSSR count). The first-order valence-electron chi connectivity index (χ1n) is 5.90. The van der Waals surface area contributed by atoms with Gasteiger partial charge in [0.25, 0.3) is 0 Å². The van der Waals surface area contributed by atoms with E-state index in [1.165, 1.54) is 12.4 Å². The third kappa shape index (κ3) is 2.94. The van der Waals surface area contributed by atoms with Crippen molar-refractivity contribution in [3.8, 4) is 6.07 Å². The summed E-state index contributed by atoms with van der Waals surface area (Å²) in [4.78, 5) is 18.8. The van der Waals surface area contributed by atoms with E-state index in [4.69, 9.17) is 10.4 Å². The minimum absolute atomic E-state index is 0.213. The molecule has 0 aliphatic heterocycles. The zero-order valence-corrected chi connectivity index (χ0v) is 9.83. The van der Waals surface area contributed by atoms with Gasteiger partial charge in [0, 0.05) is 6.04 Å². The first kappa shape index (κ1) is 12.3. The summed E-state index contributed by atoms with van der Waals surface area (Å²) in [5.41, 5.74) is 0.287. The maximum absolute atomic E-state index is 10.8. The quantitative estimate of drug-likeness (QED) is 0.836. The van der Waals surface area contributed by atoms with Crippen molar-refractivity contribution in [2.24, 2.45) is 5.92 Å². The van der Waals surface area contributed by atoms with Gasteiger partial charge < -0.3 is 10.4 Å². The molecule has 1 saturated carbocycles. The molecule has 1 aliphatic carbocycles. The molecule has 1 aromatic heterocycles. The molecule has 0 spiro atoms. The second-order valence-corrected chi connectivity index (χ2v) is 4.43. The van der Waals surface area contributed by atoms with Gasteiger partial charge in [-0.1, -0.05) is 0 Å². The van der Waals surface area contributed by atoms with E-state index in [9.17, 15) is 4.79 Å². The summed E-state index contributed by atoms with van der Waals surface area (Å²) >= 11 is 0. The van der Waals surface area contributed by atoms with Gasteiger partial charge in [-0.05, 0) is 25.7 Å². The first-order valence-corrected chi connectivity index (χ1v) is 5.90. The Morgan fingerprint density at radius 3 is 2.56 bits per heavy atom. The number of aliphatic carboxylic acids is 1. The standard InChI is InChI=1S/C12H14N4O2/c13-5-10-6-15-11(7-14-10)16-9-3-1-8(2-4-9)12(17)18/h6-9H,1-4H2,(H,15,16)(H,17,18). The molecule has 0 atom stereocenters. The monoisotopic (exact) mass is 246 g/mol. The smallest absolute Gasteiger partial charge is 0.306 e. The van der Waals surface area contributed by atoms with Crippen molar-refractivity contribution in [2.75, 3.05) is 5.32 Å². The van der Waals surface area contributed by atoms with Crippen LogP contribution in [0.1, 0.15) is 31.4 Å². The van der Waals surface area contributed by atoms with Gasteiger partial charge in [-0.3, -0.25) is 4.79 Å². The Morgan fingerprint density at radius 1 is 1.33 bits per heavy atom. The number of nitrogens with one attached hydrogen (secondary N) is 1. The molecule has 1 aromatic rings. The van der Waals surface area contributed by atoms with E-state index in [2.05, 4.69) is 15.3 Å². The summed E-state index contributed by atoms with van der Waals surface area (Å²) in [6.07, 6.45) is 5.97. The van der Waals surface area contributed by atoms with Gasteiger partial charge in [0.15, 0.2) is 5.69 Å².